The summed E-state index contributed by atoms with van der Waals surface area (Å²) in [5.41, 5.74) is -0.844. The van der Waals surface area contributed by atoms with E-state index < -0.39 is 11.2 Å². The van der Waals surface area contributed by atoms with E-state index in [0.29, 0.717) is 19.3 Å². The Hall–Kier alpha value is -1.84. The molecule has 0 fully saturated rings. The Morgan fingerprint density at radius 2 is 1.16 bits per heavy atom. The molecular formula is C28H46O4. The minimum absolute atomic E-state index is 0.219. The molecule has 0 aliphatic heterocycles. The third-order valence-corrected chi connectivity index (χ3v) is 6.33. The maximum absolute atomic E-state index is 12.7. The summed E-state index contributed by atoms with van der Waals surface area (Å²) >= 11 is 0. The van der Waals surface area contributed by atoms with Crippen LogP contribution in [-0.4, -0.2) is 23.1 Å². The van der Waals surface area contributed by atoms with Crippen molar-refractivity contribution in [2.75, 3.05) is 0 Å². The van der Waals surface area contributed by atoms with Crippen molar-refractivity contribution in [2.24, 2.45) is 0 Å². The lowest BCUT2D eigenvalue weighted by atomic mass is 9.81. The van der Waals surface area contributed by atoms with Gasteiger partial charge in [0.05, 0.1) is 0 Å². The van der Waals surface area contributed by atoms with Gasteiger partial charge in [0.1, 0.15) is 5.60 Å². The molecule has 32 heavy (non-hydrogen) atoms. The summed E-state index contributed by atoms with van der Waals surface area (Å²) < 4.78 is 12.0. The molecule has 0 aliphatic carbocycles. The maximum atomic E-state index is 12.7. The van der Waals surface area contributed by atoms with Crippen LogP contribution in [0.25, 0.3) is 0 Å². The maximum Gasteiger partial charge on any atom is 0.306 e. The second kappa shape index (κ2) is 15.1. The predicted molar refractivity (Wildman–Crippen MR) is 132 cm³/mol. The molecule has 0 heterocycles. The lowest BCUT2D eigenvalue weighted by Crippen LogP contribution is -2.55. The molecule has 1 aromatic carbocycles. The van der Waals surface area contributed by atoms with Gasteiger partial charge in [-0.3, -0.25) is 9.59 Å². The van der Waals surface area contributed by atoms with Gasteiger partial charge in [-0.25, -0.2) is 0 Å². The van der Waals surface area contributed by atoms with Gasteiger partial charge in [-0.15, -0.1) is 0 Å². The Kier molecular flexibility index (Phi) is 13.3. The minimum atomic E-state index is -0.952. The standard InChI is InChI=1S/C28H46O4/c1-6-8-10-12-17-21-25(29)31-27(3,4)28(5,23-24-19-15-14-16-20-24)32-26(30)22-18-13-11-9-7-2/h14-16,19-20H,6-13,17-18,21-23H2,1-5H3. The van der Waals surface area contributed by atoms with Gasteiger partial charge in [-0.1, -0.05) is 95.5 Å². The van der Waals surface area contributed by atoms with E-state index in [1.807, 2.05) is 51.1 Å². The first-order chi connectivity index (χ1) is 15.2. The van der Waals surface area contributed by atoms with Crippen molar-refractivity contribution >= 4 is 11.9 Å². The summed E-state index contributed by atoms with van der Waals surface area (Å²) in [7, 11) is 0. The summed E-state index contributed by atoms with van der Waals surface area (Å²) in [4.78, 5) is 25.3. The van der Waals surface area contributed by atoms with Gasteiger partial charge in [0.15, 0.2) is 5.60 Å². The van der Waals surface area contributed by atoms with Crippen LogP contribution in [-0.2, 0) is 25.5 Å². The molecule has 0 saturated carbocycles. The molecule has 0 spiro atoms. The molecule has 0 aromatic heterocycles. The SMILES string of the molecule is CCCCCCCC(=O)OC(C)(C)C(C)(Cc1ccccc1)OC(=O)CCCCCCC. The van der Waals surface area contributed by atoms with E-state index in [4.69, 9.17) is 9.47 Å². The Labute approximate surface area is 196 Å². The largest absolute Gasteiger partial charge is 0.455 e. The molecule has 0 aliphatic rings. The fourth-order valence-electron chi connectivity index (χ4n) is 3.85. The third-order valence-electron chi connectivity index (χ3n) is 6.33. The van der Waals surface area contributed by atoms with E-state index in [2.05, 4.69) is 13.8 Å². The predicted octanol–water partition coefficient (Wildman–Crippen LogP) is 7.57. The van der Waals surface area contributed by atoms with Gasteiger partial charge >= 0.3 is 11.9 Å². The van der Waals surface area contributed by atoms with Gasteiger partial charge in [-0.05, 0) is 39.2 Å². The van der Waals surface area contributed by atoms with Crippen molar-refractivity contribution in [3.8, 4) is 0 Å². The monoisotopic (exact) mass is 446 g/mol. The quantitative estimate of drug-likeness (QED) is 0.183. The molecule has 0 N–H and O–H groups in total. The van der Waals surface area contributed by atoms with Crippen LogP contribution in [0.4, 0.5) is 0 Å². The van der Waals surface area contributed by atoms with Crippen LogP contribution >= 0.6 is 0 Å². The molecule has 1 aromatic rings. The highest BCUT2D eigenvalue weighted by molar-refractivity contribution is 5.71. The number of hydrogen-bond donors (Lipinski definition) is 0. The summed E-state index contributed by atoms with van der Waals surface area (Å²) in [5.74, 6) is -0.440. The van der Waals surface area contributed by atoms with Crippen LogP contribution in [0.2, 0.25) is 0 Å². The Morgan fingerprint density at radius 1 is 0.688 bits per heavy atom. The van der Waals surface area contributed by atoms with E-state index in [-0.39, 0.29) is 11.9 Å². The highest BCUT2D eigenvalue weighted by Crippen LogP contribution is 2.34. The first kappa shape index (κ1) is 28.2. The topological polar surface area (TPSA) is 52.6 Å². The summed E-state index contributed by atoms with van der Waals surface area (Å²) in [6.45, 7) is 9.97. The van der Waals surface area contributed by atoms with Crippen molar-refractivity contribution in [3.05, 3.63) is 35.9 Å². The third kappa shape index (κ3) is 10.7. The van der Waals surface area contributed by atoms with Crippen molar-refractivity contribution in [3.63, 3.8) is 0 Å². The van der Waals surface area contributed by atoms with Crippen LogP contribution in [0.3, 0.4) is 0 Å². The summed E-state index contributed by atoms with van der Waals surface area (Å²) in [5, 5.41) is 0. The van der Waals surface area contributed by atoms with Crippen molar-refractivity contribution in [2.45, 2.75) is 129 Å². The van der Waals surface area contributed by atoms with Crippen LogP contribution in [0.1, 0.15) is 117 Å². The molecule has 0 amide bonds. The molecular weight excluding hydrogens is 400 g/mol. The molecule has 0 bridgehead atoms. The highest BCUT2D eigenvalue weighted by atomic mass is 16.6. The molecule has 1 atom stereocenters. The zero-order valence-corrected chi connectivity index (χ0v) is 21.2. The second-order valence-electron chi connectivity index (χ2n) is 9.68. The average Bonchev–Trinajstić information content (AvgIpc) is 2.73. The van der Waals surface area contributed by atoms with Crippen molar-refractivity contribution in [1.82, 2.24) is 0 Å². The zero-order valence-electron chi connectivity index (χ0n) is 21.2. The number of rotatable bonds is 17. The van der Waals surface area contributed by atoms with Crippen LogP contribution in [0.5, 0.6) is 0 Å². The normalized spacial score (nSPS) is 13.4. The number of carbonyl (C=O) groups is 2. The first-order valence-electron chi connectivity index (χ1n) is 12.7. The molecule has 182 valence electrons. The van der Waals surface area contributed by atoms with Crippen LogP contribution in [0, 0.1) is 0 Å². The molecule has 4 heteroatoms. The smallest absolute Gasteiger partial charge is 0.306 e. The first-order valence-corrected chi connectivity index (χ1v) is 12.7. The Balaban J connectivity index is 2.79. The van der Waals surface area contributed by atoms with Crippen LogP contribution in [0.15, 0.2) is 30.3 Å². The van der Waals surface area contributed by atoms with E-state index in [1.165, 1.54) is 25.7 Å². The van der Waals surface area contributed by atoms with Gasteiger partial charge in [0, 0.05) is 19.3 Å². The molecule has 0 saturated heterocycles. The molecule has 1 rings (SSSR count). The van der Waals surface area contributed by atoms with Gasteiger partial charge in [-0.2, -0.15) is 0 Å². The van der Waals surface area contributed by atoms with Gasteiger partial charge < -0.3 is 9.47 Å². The molecule has 0 radical (unpaired) electrons. The number of hydrogen-bond acceptors (Lipinski definition) is 4. The van der Waals surface area contributed by atoms with E-state index in [1.54, 1.807) is 0 Å². The number of unbranched alkanes of at least 4 members (excludes halogenated alkanes) is 8. The van der Waals surface area contributed by atoms with E-state index >= 15 is 0 Å². The lowest BCUT2D eigenvalue weighted by molar-refractivity contribution is -0.203. The van der Waals surface area contributed by atoms with Gasteiger partial charge in [0.2, 0.25) is 0 Å². The zero-order chi connectivity index (χ0) is 23.9. The van der Waals surface area contributed by atoms with Gasteiger partial charge in [0.25, 0.3) is 0 Å². The molecule has 4 nitrogen and oxygen atoms in total. The fourth-order valence-corrected chi connectivity index (χ4v) is 3.85. The number of benzene rings is 1. The highest BCUT2D eigenvalue weighted by Gasteiger charge is 2.47. The Bertz CT molecular complexity index is 653. The number of ether oxygens (including phenoxy) is 2. The van der Waals surface area contributed by atoms with Crippen LogP contribution < -0.4 is 0 Å². The average molecular weight is 447 g/mol. The van der Waals surface area contributed by atoms with Crippen molar-refractivity contribution < 1.29 is 19.1 Å². The van der Waals surface area contributed by atoms with Crippen molar-refractivity contribution in [1.29, 1.82) is 0 Å². The summed E-state index contributed by atoms with van der Waals surface area (Å²) in [6.07, 6.45) is 12.1. The number of esters is 2. The molecule has 1 unspecified atom stereocenters. The second-order valence-corrected chi connectivity index (χ2v) is 9.68. The van der Waals surface area contributed by atoms with E-state index in [9.17, 15) is 9.59 Å². The fraction of sp³-hybridized carbons (Fsp3) is 0.714. The summed E-state index contributed by atoms with van der Waals surface area (Å²) in [6, 6.07) is 9.94. The van der Waals surface area contributed by atoms with E-state index in [0.717, 1.165) is 44.1 Å². The minimum Gasteiger partial charge on any atom is -0.455 e. The Morgan fingerprint density at radius 3 is 1.66 bits per heavy atom. The lowest BCUT2D eigenvalue weighted by Gasteiger charge is -2.43. The number of carbonyl (C=O) groups excluding carboxylic acids is 2.